The summed E-state index contributed by atoms with van der Waals surface area (Å²) in [5, 5.41) is 0. The summed E-state index contributed by atoms with van der Waals surface area (Å²) in [5.41, 5.74) is 3.52. The molecule has 2 heterocycles. The summed E-state index contributed by atoms with van der Waals surface area (Å²) in [4.78, 5) is 4.05. The maximum atomic E-state index is 12.8. The summed E-state index contributed by atoms with van der Waals surface area (Å²) in [6.45, 7) is 0.892. The van der Waals surface area contributed by atoms with Crippen LogP contribution in [0.3, 0.4) is 0 Å². The molecule has 4 nitrogen and oxygen atoms in total. The standard InChI is InChI=1S/C13H20FN3O/c14-10-6-7-12(16-9-10)13(17-15)5-1-3-11-4-2-8-18-11/h6-7,9,11,13,17H,1-5,8,15H2. The van der Waals surface area contributed by atoms with Gasteiger partial charge in [-0.2, -0.15) is 0 Å². The van der Waals surface area contributed by atoms with Crippen molar-refractivity contribution in [3.8, 4) is 0 Å². The molecule has 100 valence electrons. The topological polar surface area (TPSA) is 60.2 Å². The molecule has 0 amide bonds. The number of rotatable bonds is 6. The van der Waals surface area contributed by atoms with E-state index in [0.717, 1.165) is 38.0 Å². The maximum absolute atomic E-state index is 12.8. The molecule has 1 aliphatic heterocycles. The smallest absolute Gasteiger partial charge is 0.141 e. The van der Waals surface area contributed by atoms with E-state index >= 15 is 0 Å². The Hall–Kier alpha value is -1.04. The molecule has 0 spiro atoms. The second-order valence-electron chi connectivity index (χ2n) is 4.69. The minimum absolute atomic E-state index is 0.0213. The van der Waals surface area contributed by atoms with Gasteiger partial charge < -0.3 is 4.74 Å². The van der Waals surface area contributed by atoms with Gasteiger partial charge in [-0.1, -0.05) is 0 Å². The van der Waals surface area contributed by atoms with Crippen molar-refractivity contribution in [3.63, 3.8) is 0 Å². The highest BCUT2D eigenvalue weighted by molar-refractivity contribution is 5.09. The van der Waals surface area contributed by atoms with E-state index in [-0.39, 0.29) is 11.9 Å². The molecule has 0 bridgehead atoms. The van der Waals surface area contributed by atoms with E-state index in [1.807, 2.05) is 0 Å². The van der Waals surface area contributed by atoms with Crippen molar-refractivity contribution in [1.29, 1.82) is 0 Å². The highest BCUT2D eigenvalue weighted by Gasteiger charge is 2.17. The molecule has 2 unspecified atom stereocenters. The van der Waals surface area contributed by atoms with Crippen molar-refractivity contribution in [3.05, 3.63) is 29.8 Å². The second-order valence-corrected chi connectivity index (χ2v) is 4.69. The van der Waals surface area contributed by atoms with Crippen LogP contribution in [0.2, 0.25) is 0 Å². The largest absolute Gasteiger partial charge is 0.378 e. The van der Waals surface area contributed by atoms with Gasteiger partial charge in [0.25, 0.3) is 0 Å². The Bertz CT molecular complexity index is 352. The summed E-state index contributed by atoms with van der Waals surface area (Å²) in [7, 11) is 0. The summed E-state index contributed by atoms with van der Waals surface area (Å²) < 4.78 is 18.4. The van der Waals surface area contributed by atoms with Crippen LogP contribution in [0.15, 0.2) is 18.3 Å². The molecular weight excluding hydrogens is 233 g/mol. The summed E-state index contributed by atoms with van der Waals surface area (Å²) in [5.74, 6) is 5.20. The van der Waals surface area contributed by atoms with E-state index < -0.39 is 0 Å². The van der Waals surface area contributed by atoms with Crippen molar-refractivity contribution in [2.24, 2.45) is 5.84 Å². The van der Waals surface area contributed by atoms with Crippen LogP contribution in [0.4, 0.5) is 4.39 Å². The summed E-state index contributed by atoms with van der Waals surface area (Å²) in [6.07, 6.45) is 6.93. The molecule has 1 saturated heterocycles. The van der Waals surface area contributed by atoms with Crippen molar-refractivity contribution in [1.82, 2.24) is 10.4 Å². The SMILES string of the molecule is NNC(CCCC1CCCO1)c1ccc(F)cn1. The van der Waals surface area contributed by atoms with E-state index in [2.05, 4.69) is 10.4 Å². The molecule has 0 radical (unpaired) electrons. The van der Waals surface area contributed by atoms with E-state index in [1.165, 1.54) is 18.7 Å². The predicted molar refractivity (Wildman–Crippen MR) is 67.1 cm³/mol. The van der Waals surface area contributed by atoms with Crippen molar-refractivity contribution < 1.29 is 9.13 Å². The zero-order valence-electron chi connectivity index (χ0n) is 10.4. The molecule has 1 aromatic rings. The van der Waals surface area contributed by atoms with Crippen LogP contribution in [0.5, 0.6) is 0 Å². The van der Waals surface area contributed by atoms with Crippen molar-refractivity contribution in [2.75, 3.05) is 6.61 Å². The lowest BCUT2D eigenvalue weighted by molar-refractivity contribution is 0.101. The van der Waals surface area contributed by atoms with Gasteiger partial charge in [-0.15, -0.1) is 0 Å². The number of aromatic nitrogens is 1. The number of nitrogens with zero attached hydrogens (tertiary/aromatic N) is 1. The van der Waals surface area contributed by atoms with Crippen molar-refractivity contribution in [2.45, 2.75) is 44.2 Å². The average molecular weight is 253 g/mol. The first-order valence-corrected chi connectivity index (χ1v) is 6.49. The van der Waals surface area contributed by atoms with Gasteiger partial charge in [-0.05, 0) is 44.2 Å². The number of pyridine rings is 1. The fourth-order valence-electron chi connectivity index (χ4n) is 2.33. The monoisotopic (exact) mass is 253 g/mol. The third-order valence-electron chi connectivity index (χ3n) is 3.35. The molecule has 0 aromatic carbocycles. The van der Waals surface area contributed by atoms with E-state index in [0.29, 0.717) is 6.10 Å². The van der Waals surface area contributed by atoms with E-state index in [9.17, 15) is 4.39 Å². The quantitative estimate of drug-likeness (QED) is 0.602. The molecule has 3 N–H and O–H groups in total. The first-order valence-electron chi connectivity index (χ1n) is 6.49. The van der Waals surface area contributed by atoms with Crippen LogP contribution in [-0.2, 0) is 4.74 Å². The Kier molecular flexibility index (Phi) is 5.04. The maximum Gasteiger partial charge on any atom is 0.141 e. The molecule has 0 saturated carbocycles. The number of hydrazine groups is 1. The molecular formula is C13H20FN3O. The van der Waals surface area contributed by atoms with Crippen LogP contribution in [0, 0.1) is 5.82 Å². The highest BCUT2D eigenvalue weighted by Crippen LogP contribution is 2.21. The Labute approximate surface area is 107 Å². The molecule has 1 fully saturated rings. The zero-order valence-corrected chi connectivity index (χ0v) is 10.4. The van der Waals surface area contributed by atoms with Gasteiger partial charge in [0.2, 0.25) is 0 Å². The second kappa shape index (κ2) is 6.78. The van der Waals surface area contributed by atoms with Gasteiger partial charge in [0, 0.05) is 6.61 Å². The molecule has 5 heteroatoms. The number of ether oxygens (including phenoxy) is 1. The van der Waals surface area contributed by atoms with Crippen molar-refractivity contribution >= 4 is 0 Å². The van der Waals surface area contributed by atoms with Crippen LogP contribution in [0.1, 0.15) is 43.8 Å². The Balaban J connectivity index is 1.79. The Morgan fingerprint density at radius 1 is 1.56 bits per heavy atom. The van der Waals surface area contributed by atoms with Crippen LogP contribution in [-0.4, -0.2) is 17.7 Å². The number of hydrogen-bond acceptors (Lipinski definition) is 4. The number of halogens is 1. The minimum Gasteiger partial charge on any atom is -0.378 e. The molecule has 2 atom stereocenters. The third-order valence-corrected chi connectivity index (χ3v) is 3.35. The molecule has 18 heavy (non-hydrogen) atoms. The van der Waals surface area contributed by atoms with E-state index in [4.69, 9.17) is 10.6 Å². The molecule has 2 rings (SSSR count). The van der Waals surface area contributed by atoms with Gasteiger partial charge in [0.15, 0.2) is 0 Å². The molecule has 1 aliphatic rings. The molecule has 1 aromatic heterocycles. The minimum atomic E-state index is -0.325. The first-order chi connectivity index (χ1) is 8.79. The summed E-state index contributed by atoms with van der Waals surface area (Å²) >= 11 is 0. The van der Waals surface area contributed by atoms with Gasteiger partial charge in [0.05, 0.1) is 24.0 Å². The lowest BCUT2D eigenvalue weighted by atomic mass is 10.0. The molecule has 0 aliphatic carbocycles. The Morgan fingerprint density at radius 3 is 3.06 bits per heavy atom. The van der Waals surface area contributed by atoms with E-state index in [1.54, 1.807) is 6.07 Å². The van der Waals surface area contributed by atoms with Gasteiger partial charge >= 0.3 is 0 Å². The van der Waals surface area contributed by atoms with Gasteiger partial charge in [-0.25, -0.2) is 4.39 Å². The van der Waals surface area contributed by atoms with Crippen LogP contribution >= 0.6 is 0 Å². The fraction of sp³-hybridized carbons (Fsp3) is 0.615. The fourth-order valence-corrected chi connectivity index (χ4v) is 2.33. The normalized spacial score (nSPS) is 21.1. The van der Waals surface area contributed by atoms with Gasteiger partial charge in [0.1, 0.15) is 5.82 Å². The first kappa shape index (κ1) is 13.4. The third kappa shape index (κ3) is 3.73. The van der Waals surface area contributed by atoms with Crippen LogP contribution in [0.25, 0.3) is 0 Å². The Morgan fingerprint density at radius 2 is 2.44 bits per heavy atom. The van der Waals surface area contributed by atoms with Gasteiger partial charge in [-0.3, -0.25) is 16.3 Å². The zero-order chi connectivity index (χ0) is 12.8. The lowest BCUT2D eigenvalue weighted by Gasteiger charge is -2.16. The number of hydrogen-bond donors (Lipinski definition) is 2. The highest BCUT2D eigenvalue weighted by atomic mass is 19.1. The average Bonchev–Trinajstić information content (AvgIpc) is 2.89. The van der Waals surface area contributed by atoms with Crippen LogP contribution < -0.4 is 11.3 Å². The predicted octanol–water partition coefficient (Wildman–Crippen LogP) is 2.07. The summed E-state index contributed by atoms with van der Waals surface area (Å²) in [6, 6.07) is 3.06. The number of nitrogens with one attached hydrogen (secondary N) is 1. The number of nitrogens with two attached hydrogens (primary N) is 1. The lowest BCUT2D eigenvalue weighted by Crippen LogP contribution is -2.28.